The monoisotopic (exact) mass is 257 g/mol. The van der Waals surface area contributed by atoms with Crippen molar-refractivity contribution in [3.05, 3.63) is 0 Å². The second-order valence-electron chi connectivity index (χ2n) is 5.45. The number of carbonyl (C=O) groups is 1. The fraction of sp³-hybridized carbons (Fsp3) is 0.929. The van der Waals surface area contributed by atoms with Crippen LogP contribution < -0.4 is 0 Å². The van der Waals surface area contributed by atoms with E-state index in [0.717, 1.165) is 25.8 Å². The zero-order valence-electron chi connectivity index (χ0n) is 11.9. The van der Waals surface area contributed by atoms with Crippen LogP contribution in [-0.2, 0) is 9.53 Å². The molecule has 0 aromatic carbocycles. The Kier molecular flexibility index (Phi) is 6.65. The Hall–Kier alpha value is -0.610. The second kappa shape index (κ2) is 7.74. The van der Waals surface area contributed by atoms with E-state index in [4.69, 9.17) is 4.74 Å². The molecule has 1 aliphatic rings. The van der Waals surface area contributed by atoms with Gasteiger partial charge < -0.3 is 14.7 Å². The lowest BCUT2D eigenvalue weighted by atomic mass is 9.76. The molecule has 4 nitrogen and oxygen atoms in total. The molecule has 1 rings (SSSR count). The number of hydrogen-bond acceptors (Lipinski definition) is 3. The number of methoxy groups -OCH3 is 1. The molecule has 1 aliphatic carbocycles. The number of hydrogen-bond donors (Lipinski definition) is 1. The number of aliphatic carboxylic acids is 1. The summed E-state index contributed by atoms with van der Waals surface area (Å²) in [6.45, 7) is 3.68. The summed E-state index contributed by atoms with van der Waals surface area (Å²) in [5.41, 5.74) is 0. The minimum atomic E-state index is -0.640. The van der Waals surface area contributed by atoms with Crippen LogP contribution in [0.25, 0.3) is 0 Å². The van der Waals surface area contributed by atoms with Gasteiger partial charge in [0.15, 0.2) is 0 Å². The predicted octanol–water partition coefficient (Wildman–Crippen LogP) is 2.23. The molecule has 0 amide bonds. The van der Waals surface area contributed by atoms with Crippen molar-refractivity contribution in [1.29, 1.82) is 0 Å². The summed E-state index contributed by atoms with van der Waals surface area (Å²) in [5, 5.41) is 9.34. The summed E-state index contributed by atoms with van der Waals surface area (Å²) >= 11 is 0. The summed E-state index contributed by atoms with van der Waals surface area (Å²) < 4.78 is 5.08. The molecule has 0 radical (unpaired) electrons. The molecule has 4 heteroatoms. The Balaban J connectivity index is 2.62. The molecule has 106 valence electrons. The van der Waals surface area contributed by atoms with E-state index in [1.807, 2.05) is 7.05 Å². The SMILES string of the molecule is CCCC1CCC(C(=O)O)C(N(C)CCOC)C1. The molecular weight excluding hydrogens is 230 g/mol. The molecule has 0 saturated heterocycles. The molecule has 1 fully saturated rings. The smallest absolute Gasteiger partial charge is 0.308 e. The molecular formula is C14H27NO3. The zero-order valence-corrected chi connectivity index (χ0v) is 11.9. The maximum Gasteiger partial charge on any atom is 0.308 e. The molecule has 1 N–H and O–H groups in total. The second-order valence-corrected chi connectivity index (χ2v) is 5.45. The maximum atomic E-state index is 11.3. The van der Waals surface area contributed by atoms with Gasteiger partial charge in [-0.1, -0.05) is 19.8 Å². The van der Waals surface area contributed by atoms with Gasteiger partial charge in [-0.2, -0.15) is 0 Å². The van der Waals surface area contributed by atoms with Gasteiger partial charge in [0.2, 0.25) is 0 Å². The first-order valence-electron chi connectivity index (χ1n) is 7.02. The van der Waals surface area contributed by atoms with Crippen LogP contribution in [0.3, 0.4) is 0 Å². The number of carboxylic acids is 1. The number of likely N-dealkylation sites (N-methyl/N-ethyl adjacent to an activating group) is 1. The lowest BCUT2D eigenvalue weighted by Crippen LogP contribution is -2.46. The van der Waals surface area contributed by atoms with Crippen molar-refractivity contribution < 1.29 is 14.6 Å². The first-order chi connectivity index (χ1) is 8.60. The molecule has 0 aromatic rings. The summed E-state index contributed by atoms with van der Waals surface area (Å²) in [6, 6.07) is 0.169. The largest absolute Gasteiger partial charge is 0.481 e. The average molecular weight is 257 g/mol. The number of ether oxygens (including phenoxy) is 1. The van der Waals surface area contributed by atoms with E-state index in [-0.39, 0.29) is 12.0 Å². The number of rotatable bonds is 7. The van der Waals surface area contributed by atoms with Crippen molar-refractivity contribution in [2.45, 2.75) is 45.1 Å². The van der Waals surface area contributed by atoms with E-state index in [0.29, 0.717) is 12.5 Å². The fourth-order valence-electron chi connectivity index (χ4n) is 3.08. The van der Waals surface area contributed by atoms with E-state index in [2.05, 4.69) is 11.8 Å². The maximum absolute atomic E-state index is 11.3. The third kappa shape index (κ3) is 4.25. The third-order valence-corrected chi connectivity index (χ3v) is 4.15. The molecule has 3 unspecified atom stereocenters. The average Bonchev–Trinajstić information content (AvgIpc) is 2.36. The van der Waals surface area contributed by atoms with Gasteiger partial charge in [0.05, 0.1) is 12.5 Å². The Morgan fingerprint density at radius 2 is 2.17 bits per heavy atom. The highest BCUT2D eigenvalue weighted by molar-refractivity contribution is 5.71. The van der Waals surface area contributed by atoms with Crippen LogP contribution in [0, 0.1) is 11.8 Å². The zero-order chi connectivity index (χ0) is 13.5. The molecule has 3 atom stereocenters. The summed E-state index contributed by atoms with van der Waals surface area (Å²) in [5.74, 6) is -0.153. The minimum Gasteiger partial charge on any atom is -0.481 e. The Labute approximate surface area is 110 Å². The van der Waals surface area contributed by atoms with Gasteiger partial charge >= 0.3 is 5.97 Å². The van der Waals surface area contributed by atoms with Crippen molar-refractivity contribution in [3.63, 3.8) is 0 Å². The van der Waals surface area contributed by atoms with Gasteiger partial charge in [0.25, 0.3) is 0 Å². The van der Waals surface area contributed by atoms with E-state index >= 15 is 0 Å². The van der Waals surface area contributed by atoms with Crippen molar-refractivity contribution in [3.8, 4) is 0 Å². The molecule has 1 saturated carbocycles. The fourth-order valence-corrected chi connectivity index (χ4v) is 3.08. The standard InChI is InChI=1S/C14H27NO3/c1-4-5-11-6-7-12(14(16)17)13(10-11)15(2)8-9-18-3/h11-13H,4-10H2,1-3H3,(H,16,17). The van der Waals surface area contributed by atoms with Crippen molar-refractivity contribution in [1.82, 2.24) is 4.90 Å². The first-order valence-corrected chi connectivity index (χ1v) is 7.02. The molecule has 0 spiro atoms. The lowest BCUT2D eigenvalue weighted by Gasteiger charge is -2.39. The van der Waals surface area contributed by atoms with Crippen LogP contribution in [0.15, 0.2) is 0 Å². The van der Waals surface area contributed by atoms with Gasteiger partial charge in [-0.25, -0.2) is 0 Å². The van der Waals surface area contributed by atoms with Crippen LogP contribution in [0.2, 0.25) is 0 Å². The molecule has 0 heterocycles. The van der Waals surface area contributed by atoms with Gasteiger partial charge in [-0.15, -0.1) is 0 Å². The van der Waals surface area contributed by atoms with Crippen LogP contribution in [-0.4, -0.2) is 49.3 Å². The van der Waals surface area contributed by atoms with Crippen molar-refractivity contribution in [2.75, 3.05) is 27.3 Å². The normalized spacial score (nSPS) is 28.6. The summed E-state index contributed by atoms with van der Waals surface area (Å²) in [4.78, 5) is 13.5. The molecule has 0 aromatic heterocycles. The predicted molar refractivity (Wildman–Crippen MR) is 71.7 cm³/mol. The van der Waals surface area contributed by atoms with E-state index in [9.17, 15) is 9.90 Å². The Bertz CT molecular complexity index is 257. The number of carboxylic acid groups (broad SMARTS) is 1. The van der Waals surface area contributed by atoms with Gasteiger partial charge in [0, 0.05) is 19.7 Å². The third-order valence-electron chi connectivity index (χ3n) is 4.15. The van der Waals surface area contributed by atoms with E-state index < -0.39 is 5.97 Å². The van der Waals surface area contributed by atoms with Crippen LogP contribution in [0.5, 0.6) is 0 Å². The Morgan fingerprint density at radius 3 is 2.72 bits per heavy atom. The molecule has 0 aliphatic heterocycles. The van der Waals surface area contributed by atoms with Crippen molar-refractivity contribution >= 4 is 5.97 Å². The quantitative estimate of drug-likeness (QED) is 0.760. The highest BCUT2D eigenvalue weighted by Gasteiger charge is 2.36. The van der Waals surface area contributed by atoms with Crippen LogP contribution in [0.4, 0.5) is 0 Å². The first kappa shape index (κ1) is 15.4. The topological polar surface area (TPSA) is 49.8 Å². The van der Waals surface area contributed by atoms with Crippen LogP contribution in [0.1, 0.15) is 39.0 Å². The van der Waals surface area contributed by atoms with Crippen molar-refractivity contribution in [2.24, 2.45) is 11.8 Å². The lowest BCUT2D eigenvalue weighted by molar-refractivity contribution is -0.146. The Morgan fingerprint density at radius 1 is 1.44 bits per heavy atom. The highest BCUT2D eigenvalue weighted by Crippen LogP contribution is 2.34. The van der Waals surface area contributed by atoms with Gasteiger partial charge in [0.1, 0.15) is 0 Å². The molecule has 0 bridgehead atoms. The summed E-state index contributed by atoms with van der Waals surface area (Å²) in [6.07, 6.45) is 5.32. The van der Waals surface area contributed by atoms with Gasteiger partial charge in [-0.05, 0) is 32.2 Å². The highest BCUT2D eigenvalue weighted by atomic mass is 16.5. The van der Waals surface area contributed by atoms with E-state index in [1.165, 1.54) is 12.8 Å². The summed E-state index contributed by atoms with van der Waals surface area (Å²) in [7, 11) is 3.71. The molecule has 18 heavy (non-hydrogen) atoms. The van der Waals surface area contributed by atoms with E-state index in [1.54, 1.807) is 7.11 Å². The minimum absolute atomic E-state index is 0.169. The van der Waals surface area contributed by atoms with Crippen LogP contribution >= 0.6 is 0 Å². The van der Waals surface area contributed by atoms with Gasteiger partial charge in [-0.3, -0.25) is 4.79 Å². The number of nitrogens with zero attached hydrogens (tertiary/aromatic N) is 1.